The molecule has 0 aliphatic heterocycles. The molecule has 0 aliphatic carbocycles. The second-order valence-corrected chi connectivity index (χ2v) is 5.28. The zero-order chi connectivity index (χ0) is 18.0. The van der Waals surface area contributed by atoms with Crippen LogP contribution < -0.4 is 15.4 Å². The van der Waals surface area contributed by atoms with Crippen molar-refractivity contribution in [2.75, 3.05) is 17.7 Å². The lowest BCUT2D eigenvalue weighted by Crippen LogP contribution is -2.15. The normalized spacial score (nSPS) is 10.5. The lowest BCUT2D eigenvalue weighted by Gasteiger charge is -2.11. The molecular formula is C16H16N6O3. The van der Waals surface area contributed by atoms with E-state index < -0.39 is 5.91 Å². The number of carbonyl (C=O) groups excluding carboxylic acids is 2. The van der Waals surface area contributed by atoms with Crippen LogP contribution in [0.2, 0.25) is 0 Å². The highest BCUT2D eigenvalue weighted by Crippen LogP contribution is 2.28. The number of fused-ring (bicyclic) bond motifs is 1. The standard InChI is InChI=1S/C16H16N6O3/c1-9-6-7-17-16-20-14(21-22(9)16)15(24)19-12-8-11(18-10(2)23)4-5-13(12)25-3/h4-8H,1-3H3,(H,18,23)(H,19,24). The Balaban J connectivity index is 1.90. The number of carbonyl (C=O) groups is 2. The van der Waals surface area contributed by atoms with Crippen molar-refractivity contribution in [1.29, 1.82) is 0 Å². The molecule has 0 spiro atoms. The molecule has 0 unspecified atom stereocenters. The molecule has 0 radical (unpaired) electrons. The molecule has 2 N–H and O–H groups in total. The van der Waals surface area contributed by atoms with Crippen LogP contribution in [0.15, 0.2) is 30.5 Å². The summed E-state index contributed by atoms with van der Waals surface area (Å²) in [6, 6.07) is 6.68. The first kappa shape index (κ1) is 16.4. The summed E-state index contributed by atoms with van der Waals surface area (Å²) in [5, 5.41) is 9.49. The van der Waals surface area contributed by atoms with Crippen molar-refractivity contribution in [3.8, 4) is 5.75 Å². The smallest absolute Gasteiger partial charge is 0.295 e. The Labute approximate surface area is 143 Å². The number of hydrogen-bond donors (Lipinski definition) is 2. The number of nitrogens with zero attached hydrogens (tertiary/aromatic N) is 4. The molecule has 9 nitrogen and oxygen atoms in total. The third-order valence-electron chi connectivity index (χ3n) is 3.40. The van der Waals surface area contributed by atoms with E-state index in [1.807, 2.05) is 6.92 Å². The van der Waals surface area contributed by atoms with E-state index in [0.717, 1.165) is 5.69 Å². The molecular weight excluding hydrogens is 324 g/mol. The first-order valence-electron chi connectivity index (χ1n) is 7.43. The molecule has 9 heteroatoms. The summed E-state index contributed by atoms with van der Waals surface area (Å²) in [4.78, 5) is 31.9. The lowest BCUT2D eigenvalue weighted by molar-refractivity contribution is -0.114. The molecule has 2 amide bonds. The molecule has 2 heterocycles. The Kier molecular flexibility index (Phi) is 4.29. The number of ether oxygens (including phenoxy) is 1. The van der Waals surface area contributed by atoms with Crippen molar-refractivity contribution in [2.24, 2.45) is 0 Å². The Hall–Kier alpha value is -3.49. The highest BCUT2D eigenvalue weighted by Gasteiger charge is 2.17. The van der Waals surface area contributed by atoms with E-state index in [0.29, 0.717) is 22.9 Å². The van der Waals surface area contributed by atoms with Gasteiger partial charge in [0.05, 0.1) is 12.8 Å². The molecule has 25 heavy (non-hydrogen) atoms. The number of hydrogen-bond acceptors (Lipinski definition) is 6. The van der Waals surface area contributed by atoms with Gasteiger partial charge in [-0.2, -0.15) is 4.98 Å². The third kappa shape index (κ3) is 3.39. The van der Waals surface area contributed by atoms with Crippen LogP contribution >= 0.6 is 0 Å². The molecule has 2 aromatic heterocycles. The second kappa shape index (κ2) is 6.56. The summed E-state index contributed by atoms with van der Waals surface area (Å²) in [5.74, 6) is 0.0348. The predicted molar refractivity (Wildman–Crippen MR) is 90.8 cm³/mol. The fraction of sp³-hybridized carbons (Fsp3) is 0.188. The highest BCUT2D eigenvalue weighted by atomic mass is 16.5. The summed E-state index contributed by atoms with van der Waals surface area (Å²) in [6.07, 6.45) is 1.60. The van der Waals surface area contributed by atoms with E-state index in [9.17, 15) is 9.59 Å². The Morgan fingerprint density at radius 1 is 1.20 bits per heavy atom. The number of rotatable bonds is 4. The van der Waals surface area contributed by atoms with Crippen LogP contribution in [-0.4, -0.2) is 38.5 Å². The average Bonchev–Trinajstić information content (AvgIpc) is 3.00. The van der Waals surface area contributed by atoms with Gasteiger partial charge in [0.1, 0.15) is 5.75 Å². The molecule has 0 saturated heterocycles. The van der Waals surface area contributed by atoms with Gasteiger partial charge in [0, 0.05) is 24.5 Å². The number of aryl methyl sites for hydroxylation is 1. The van der Waals surface area contributed by atoms with Crippen LogP contribution in [0, 0.1) is 6.92 Å². The van der Waals surface area contributed by atoms with Gasteiger partial charge in [-0.25, -0.2) is 9.50 Å². The number of nitrogens with one attached hydrogen (secondary N) is 2. The van der Waals surface area contributed by atoms with Crippen molar-refractivity contribution in [2.45, 2.75) is 13.8 Å². The number of amides is 2. The van der Waals surface area contributed by atoms with Gasteiger partial charge >= 0.3 is 0 Å². The molecule has 0 aliphatic rings. The van der Waals surface area contributed by atoms with Gasteiger partial charge in [0.15, 0.2) is 0 Å². The van der Waals surface area contributed by atoms with E-state index in [2.05, 4.69) is 25.7 Å². The van der Waals surface area contributed by atoms with E-state index in [4.69, 9.17) is 4.74 Å². The molecule has 1 aromatic carbocycles. The largest absolute Gasteiger partial charge is 0.495 e. The van der Waals surface area contributed by atoms with Gasteiger partial charge in [0.2, 0.25) is 11.7 Å². The number of aromatic nitrogens is 4. The highest BCUT2D eigenvalue weighted by molar-refractivity contribution is 6.03. The van der Waals surface area contributed by atoms with E-state index >= 15 is 0 Å². The van der Waals surface area contributed by atoms with Gasteiger partial charge < -0.3 is 15.4 Å². The quantitative estimate of drug-likeness (QED) is 0.747. The first-order chi connectivity index (χ1) is 12.0. The summed E-state index contributed by atoms with van der Waals surface area (Å²) in [6.45, 7) is 3.24. The van der Waals surface area contributed by atoms with Gasteiger partial charge in [-0.05, 0) is 31.2 Å². The van der Waals surface area contributed by atoms with Crippen LogP contribution in [0.3, 0.4) is 0 Å². The van der Waals surface area contributed by atoms with Crippen molar-refractivity contribution < 1.29 is 14.3 Å². The van der Waals surface area contributed by atoms with Crippen LogP contribution in [0.5, 0.6) is 5.75 Å². The van der Waals surface area contributed by atoms with Crippen LogP contribution in [0.1, 0.15) is 23.2 Å². The van der Waals surface area contributed by atoms with E-state index in [1.54, 1.807) is 30.5 Å². The fourth-order valence-electron chi connectivity index (χ4n) is 2.27. The van der Waals surface area contributed by atoms with Crippen molar-refractivity contribution >= 4 is 29.0 Å². The molecule has 0 fully saturated rings. The Morgan fingerprint density at radius 3 is 2.68 bits per heavy atom. The molecule has 0 atom stereocenters. The van der Waals surface area contributed by atoms with Gasteiger partial charge in [-0.15, -0.1) is 5.10 Å². The number of anilines is 2. The maximum atomic E-state index is 12.5. The fourth-order valence-corrected chi connectivity index (χ4v) is 2.27. The van der Waals surface area contributed by atoms with E-state index in [1.165, 1.54) is 18.5 Å². The molecule has 0 bridgehead atoms. The SMILES string of the molecule is COc1ccc(NC(C)=O)cc1NC(=O)c1nc2nccc(C)n2n1. The van der Waals surface area contributed by atoms with Gasteiger partial charge in [-0.3, -0.25) is 9.59 Å². The zero-order valence-electron chi connectivity index (χ0n) is 13.9. The molecule has 3 aromatic rings. The Bertz CT molecular complexity index is 966. The van der Waals surface area contributed by atoms with Gasteiger partial charge in [-0.1, -0.05) is 0 Å². The van der Waals surface area contributed by atoms with E-state index in [-0.39, 0.29) is 11.7 Å². The van der Waals surface area contributed by atoms with Gasteiger partial charge in [0.25, 0.3) is 11.7 Å². The minimum Gasteiger partial charge on any atom is -0.495 e. The zero-order valence-corrected chi connectivity index (χ0v) is 13.9. The van der Waals surface area contributed by atoms with Crippen LogP contribution in [0.25, 0.3) is 5.78 Å². The topological polar surface area (TPSA) is 111 Å². The van der Waals surface area contributed by atoms with Crippen LogP contribution in [0.4, 0.5) is 11.4 Å². The summed E-state index contributed by atoms with van der Waals surface area (Å²) in [5.41, 5.74) is 1.73. The molecule has 128 valence electrons. The first-order valence-corrected chi connectivity index (χ1v) is 7.43. The minimum atomic E-state index is -0.511. The van der Waals surface area contributed by atoms with Crippen molar-refractivity contribution in [1.82, 2.24) is 19.6 Å². The summed E-state index contributed by atoms with van der Waals surface area (Å²) in [7, 11) is 1.49. The molecule has 3 rings (SSSR count). The summed E-state index contributed by atoms with van der Waals surface area (Å²) < 4.78 is 6.72. The number of benzene rings is 1. The third-order valence-corrected chi connectivity index (χ3v) is 3.40. The maximum absolute atomic E-state index is 12.5. The maximum Gasteiger partial charge on any atom is 0.295 e. The van der Waals surface area contributed by atoms with Crippen molar-refractivity contribution in [3.63, 3.8) is 0 Å². The predicted octanol–water partition coefficient (Wildman–Crippen LogP) is 1.65. The molecule has 0 saturated carbocycles. The van der Waals surface area contributed by atoms with Crippen molar-refractivity contribution in [3.05, 3.63) is 42.0 Å². The second-order valence-electron chi connectivity index (χ2n) is 5.28. The number of methoxy groups -OCH3 is 1. The average molecular weight is 340 g/mol. The summed E-state index contributed by atoms with van der Waals surface area (Å²) >= 11 is 0. The van der Waals surface area contributed by atoms with Crippen LogP contribution in [-0.2, 0) is 4.79 Å². The minimum absolute atomic E-state index is 0.0196. The monoisotopic (exact) mass is 340 g/mol. The lowest BCUT2D eigenvalue weighted by atomic mass is 10.2. The Morgan fingerprint density at radius 2 is 2.00 bits per heavy atom.